The van der Waals surface area contributed by atoms with Crippen LogP contribution in [0.1, 0.15) is 12.5 Å². The number of carbonyl (C=O) groups is 1. The van der Waals surface area contributed by atoms with Crippen LogP contribution >= 0.6 is 0 Å². The van der Waals surface area contributed by atoms with Crippen LogP contribution in [0, 0.1) is 0 Å². The lowest BCUT2D eigenvalue weighted by Gasteiger charge is -2.00. The minimum atomic E-state index is -0.233. The minimum absolute atomic E-state index is 0.0558. The van der Waals surface area contributed by atoms with Crippen LogP contribution in [-0.2, 0) is 11.2 Å². The summed E-state index contributed by atoms with van der Waals surface area (Å²) in [5.74, 6) is -0.0558. The highest BCUT2D eigenvalue weighted by Crippen LogP contribution is 1.99. The Balaban J connectivity index is 2.37. The average molecular weight is 181 g/mol. The molecule has 5 heteroatoms. The van der Waals surface area contributed by atoms with Crippen molar-refractivity contribution in [3.05, 3.63) is 18.0 Å². The number of hydrogen-bond donors (Lipinski definition) is 2. The summed E-state index contributed by atoms with van der Waals surface area (Å²) in [5, 5.41) is 11.4. The smallest absolute Gasteiger partial charge is 0.313 e. The molecule has 2 N–H and O–H groups in total. The molecule has 5 nitrogen and oxygen atoms in total. The maximum Gasteiger partial charge on any atom is 0.313 e. The average Bonchev–Trinajstić information content (AvgIpc) is 2.08. The lowest BCUT2D eigenvalue weighted by atomic mass is 10.2. The Morgan fingerprint density at radius 1 is 1.54 bits per heavy atom. The summed E-state index contributed by atoms with van der Waals surface area (Å²) < 4.78 is 0. The predicted octanol–water partition coefficient (Wildman–Crippen LogP) is -0.139. The molecule has 0 fully saturated rings. The Labute approximate surface area is 75.8 Å². The molecule has 0 saturated heterocycles. The standard InChI is InChI=1S/C8H11N3O2/c1-6(12)9-3-2-7-4-10-8(13)11-5-7/h4-5H,2-3H2,1H3,(H,9,12)(H,10,11,13). The lowest BCUT2D eigenvalue weighted by molar-refractivity contribution is -0.118. The molecule has 1 rings (SSSR count). The van der Waals surface area contributed by atoms with E-state index in [4.69, 9.17) is 5.11 Å². The van der Waals surface area contributed by atoms with E-state index in [1.165, 1.54) is 19.3 Å². The fourth-order valence-electron chi connectivity index (χ4n) is 0.860. The van der Waals surface area contributed by atoms with Crippen LogP contribution < -0.4 is 5.32 Å². The second-order valence-corrected chi connectivity index (χ2v) is 2.62. The van der Waals surface area contributed by atoms with Crippen LogP contribution in [0.15, 0.2) is 12.4 Å². The van der Waals surface area contributed by atoms with E-state index < -0.39 is 0 Å². The first-order valence-electron chi connectivity index (χ1n) is 3.93. The summed E-state index contributed by atoms with van der Waals surface area (Å²) in [4.78, 5) is 17.7. The highest BCUT2D eigenvalue weighted by atomic mass is 16.3. The first-order chi connectivity index (χ1) is 6.18. The Bertz CT molecular complexity index is 284. The molecular formula is C8H11N3O2. The van der Waals surface area contributed by atoms with Crippen LogP contribution in [0.4, 0.5) is 0 Å². The van der Waals surface area contributed by atoms with Gasteiger partial charge >= 0.3 is 6.01 Å². The first-order valence-corrected chi connectivity index (χ1v) is 3.93. The van der Waals surface area contributed by atoms with Crippen LogP contribution in [0.2, 0.25) is 0 Å². The van der Waals surface area contributed by atoms with E-state index in [1.807, 2.05) is 0 Å². The minimum Gasteiger partial charge on any atom is -0.479 e. The molecule has 0 spiro atoms. The zero-order chi connectivity index (χ0) is 9.68. The SMILES string of the molecule is CC(=O)NCCc1cnc(O)nc1. The number of aromatic hydroxyl groups is 1. The van der Waals surface area contributed by atoms with Crippen molar-refractivity contribution in [3.63, 3.8) is 0 Å². The lowest BCUT2D eigenvalue weighted by Crippen LogP contribution is -2.22. The van der Waals surface area contributed by atoms with Crippen molar-refractivity contribution in [3.8, 4) is 6.01 Å². The molecule has 0 aliphatic carbocycles. The highest BCUT2D eigenvalue weighted by Gasteiger charge is 1.96. The van der Waals surface area contributed by atoms with E-state index in [9.17, 15) is 4.79 Å². The maximum absolute atomic E-state index is 10.5. The zero-order valence-electron chi connectivity index (χ0n) is 7.32. The normalized spacial score (nSPS) is 9.62. The van der Waals surface area contributed by atoms with Gasteiger partial charge in [-0.15, -0.1) is 0 Å². The maximum atomic E-state index is 10.5. The van der Waals surface area contributed by atoms with Gasteiger partial charge in [-0.1, -0.05) is 0 Å². The van der Waals surface area contributed by atoms with E-state index >= 15 is 0 Å². The fourth-order valence-corrected chi connectivity index (χ4v) is 0.860. The number of nitrogens with zero attached hydrogens (tertiary/aromatic N) is 2. The number of rotatable bonds is 3. The van der Waals surface area contributed by atoms with Crippen LogP contribution in [0.25, 0.3) is 0 Å². The topological polar surface area (TPSA) is 75.1 Å². The van der Waals surface area contributed by atoms with Gasteiger partial charge in [-0.2, -0.15) is 0 Å². The van der Waals surface area contributed by atoms with Gasteiger partial charge in [0, 0.05) is 25.9 Å². The van der Waals surface area contributed by atoms with Crippen LogP contribution in [0.3, 0.4) is 0 Å². The first kappa shape index (κ1) is 9.44. The van der Waals surface area contributed by atoms with Crippen molar-refractivity contribution in [2.75, 3.05) is 6.54 Å². The second-order valence-electron chi connectivity index (χ2n) is 2.62. The Morgan fingerprint density at radius 2 is 2.15 bits per heavy atom. The zero-order valence-corrected chi connectivity index (χ0v) is 7.32. The number of hydrogen-bond acceptors (Lipinski definition) is 4. The molecule has 0 unspecified atom stereocenters. The highest BCUT2D eigenvalue weighted by molar-refractivity contribution is 5.72. The summed E-state index contributed by atoms with van der Waals surface area (Å²) in [7, 11) is 0. The summed E-state index contributed by atoms with van der Waals surface area (Å²) in [5.41, 5.74) is 0.881. The van der Waals surface area contributed by atoms with Gasteiger partial charge in [0.1, 0.15) is 0 Å². The van der Waals surface area contributed by atoms with Crippen molar-refractivity contribution in [2.24, 2.45) is 0 Å². The molecule has 13 heavy (non-hydrogen) atoms. The van der Waals surface area contributed by atoms with Gasteiger partial charge in [-0.05, 0) is 12.0 Å². The molecular weight excluding hydrogens is 170 g/mol. The number of nitrogens with one attached hydrogen (secondary N) is 1. The third-order valence-corrected chi connectivity index (χ3v) is 1.48. The van der Waals surface area contributed by atoms with E-state index in [0.29, 0.717) is 13.0 Å². The Kier molecular flexibility index (Phi) is 3.19. The summed E-state index contributed by atoms with van der Waals surface area (Å²) in [6.07, 6.45) is 3.73. The van der Waals surface area contributed by atoms with Gasteiger partial charge < -0.3 is 10.4 Å². The molecule has 0 aromatic carbocycles. The fraction of sp³-hybridized carbons (Fsp3) is 0.375. The molecule has 0 radical (unpaired) electrons. The van der Waals surface area contributed by atoms with E-state index in [2.05, 4.69) is 15.3 Å². The molecule has 0 aliphatic heterocycles. The summed E-state index contributed by atoms with van der Waals surface area (Å²) in [6.45, 7) is 2.02. The van der Waals surface area contributed by atoms with Gasteiger partial charge in [-0.25, -0.2) is 9.97 Å². The number of carbonyl (C=O) groups excluding carboxylic acids is 1. The molecule has 1 heterocycles. The summed E-state index contributed by atoms with van der Waals surface area (Å²) >= 11 is 0. The Hall–Kier alpha value is -1.65. The quantitative estimate of drug-likeness (QED) is 0.680. The van der Waals surface area contributed by atoms with Crippen molar-refractivity contribution in [1.82, 2.24) is 15.3 Å². The van der Waals surface area contributed by atoms with Crippen molar-refractivity contribution in [1.29, 1.82) is 0 Å². The predicted molar refractivity (Wildman–Crippen MR) is 46.1 cm³/mol. The molecule has 0 saturated carbocycles. The third-order valence-electron chi connectivity index (χ3n) is 1.48. The largest absolute Gasteiger partial charge is 0.479 e. The molecule has 0 aliphatic rings. The molecule has 1 aromatic heterocycles. The van der Waals surface area contributed by atoms with Crippen LogP contribution in [0.5, 0.6) is 6.01 Å². The van der Waals surface area contributed by atoms with Crippen LogP contribution in [-0.4, -0.2) is 27.5 Å². The third kappa shape index (κ3) is 3.50. The Morgan fingerprint density at radius 3 is 2.69 bits per heavy atom. The van der Waals surface area contributed by atoms with Crippen molar-refractivity contribution < 1.29 is 9.90 Å². The molecule has 0 atom stereocenters. The molecule has 70 valence electrons. The molecule has 1 aromatic rings. The van der Waals surface area contributed by atoms with Gasteiger partial charge in [0.2, 0.25) is 5.91 Å². The van der Waals surface area contributed by atoms with E-state index in [-0.39, 0.29) is 11.9 Å². The second kappa shape index (κ2) is 4.39. The number of aromatic nitrogens is 2. The van der Waals surface area contributed by atoms with E-state index in [0.717, 1.165) is 5.56 Å². The molecule has 0 bridgehead atoms. The molecule has 1 amide bonds. The summed E-state index contributed by atoms with van der Waals surface area (Å²) in [6, 6.07) is -0.233. The van der Waals surface area contributed by atoms with Crippen molar-refractivity contribution in [2.45, 2.75) is 13.3 Å². The van der Waals surface area contributed by atoms with Gasteiger partial charge in [0.25, 0.3) is 0 Å². The van der Waals surface area contributed by atoms with Crippen molar-refractivity contribution >= 4 is 5.91 Å². The van der Waals surface area contributed by atoms with Gasteiger partial charge in [0.15, 0.2) is 0 Å². The van der Waals surface area contributed by atoms with Gasteiger partial charge in [-0.3, -0.25) is 4.79 Å². The van der Waals surface area contributed by atoms with Gasteiger partial charge in [0.05, 0.1) is 0 Å². The monoisotopic (exact) mass is 181 g/mol. The number of amides is 1. The van der Waals surface area contributed by atoms with E-state index in [1.54, 1.807) is 0 Å².